The second-order valence-electron chi connectivity index (χ2n) is 3.76. The van der Waals surface area contributed by atoms with E-state index in [-0.39, 0.29) is 0 Å². The van der Waals surface area contributed by atoms with Gasteiger partial charge in [0.05, 0.1) is 11.4 Å². The van der Waals surface area contributed by atoms with Gasteiger partial charge in [0, 0.05) is 25.1 Å². The first kappa shape index (κ1) is 11.1. The zero-order valence-electron chi connectivity index (χ0n) is 9.82. The van der Waals surface area contributed by atoms with Crippen molar-refractivity contribution in [3.05, 3.63) is 28.6 Å². The van der Waals surface area contributed by atoms with Crippen LogP contribution in [0.1, 0.15) is 25.2 Å². The van der Waals surface area contributed by atoms with Crippen molar-refractivity contribution in [3.8, 4) is 5.69 Å². The SMILES string of the molecule is CCc1nn(C)cc1-n1c(CC)c[nH]c1=S. The molecule has 0 atom stereocenters. The van der Waals surface area contributed by atoms with E-state index in [0.717, 1.165) is 29.0 Å². The molecular formula is C11H16N4S. The Morgan fingerprint density at radius 3 is 2.75 bits per heavy atom. The molecular weight excluding hydrogens is 220 g/mol. The van der Waals surface area contributed by atoms with Crippen LogP contribution in [-0.4, -0.2) is 19.3 Å². The second-order valence-corrected chi connectivity index (χ2v) is 4.15. The summed E-state index contributed by atoms with van der Waals surface area (Å²) in [5.41, 5.74) is 3.36. The number of nitrogens with zero attached hydrogens (tertiary/aromatic N) is 3. The van der Waals surface area contributed by atoms with Crippen LogP contribution in [0.2, 0.25) is 0 Å². The van der Waals surface area contributed by atoms with E-state index in [4.69, 9.17) is 12.2 Å². The molecule has 0 aliphatic rings. The number of aryl methyl sites for hydroxylation is 3. The minimum absolute atomic E-state index is 0.736. The second kappa shape index (κ2) is 4.25. The molecule has 0 fully saturated rings. The number of nitrogens with one attached hydrogen (secondary N) is 1. The lowest BCUT2D eigenvalue weighted by atomic mass is 10.3. The Morgan fingerprint density at radius 1 is 1.38 bits per heavy atom. The highest BCUT2D eigenvalue weighted by Crippen LogP contribution is 2.17. The average Bonchev–Trinajstić information content (AvgIpc) is 2.80. The van der Waals surface area contributed by atoms with Crippen molar-refractivity contribution in [3.63, 3.8) is 0 Å². The van der Waals surface area contributed by atoms with E-state index in [0.29, 0.717) is 0 Å². The van der Waals surface area contributed by atoms with E-state index in [1.54, 1.807) is 0 Å². The fourth-order valence-corrected chi connectivity index (χ4v) is 2.16. The Kier molecular flexibility index (Phi) is 2.96. The maximum Gasteiger partial charge on any atom is 0.182 e. The molecule has 0 saturated carbocycles. The van der Waals surface area contributed by atoms with Gasteiger partial charge in [0.25, 0.3) is 0 Å². The van der Waals surface area contributed by atoms with Gasteiger partial charge in [-0.25, -0.2) is 0 Å². The van der Waals surface area contributed by atoms with Crippen LogP contribution in [0, 0.1) is 4.77 Å². The van der Waals surface area contributed by atoms with Gasteiger partial charge in [-0.2, -0.15) is 5.10 Å². The van der Waals surface area contributed by atoms with Gasteiger partial charge in [0.1, 0.15) is 0 Å². The van der Waals surface area contributed by atoms with E-state index in [1.807, 2.05) is 24.1 Å². The van der Waals surface area contributed by atoms with E-state index in [1.165, 1.54) is 5.69 Å². The highest BCUT2D eigenvalue weighted by molar-refractivity contribution is 7.71. The molecule has 5 heteroatoms. The lowest BCUT2D eigenvalue weighted by molar-refractivity contribution is 0.746. The highest BCUT2D eigenvalue weighted by atomic mass is 32.1. The van der Waals surface area contributed by atoms with Gasteiger partial charge >= 0.3 is 0 Å². The molecule has 86 valence electrons. The highest BCUT2D eigenvalue weighted by Gasteiger charge is 2.11. The molecule has 2 heterocycles. The van der Waals surface area contributed by atoms with Gasteiger partial charge in [-0.3, -0.25) is 9.25 Å². The summed E-state index contributed by atoms with van der Waals surface area (Å²) in [4.78, 5) is 3.09. The molecule has 0 radical (unpaired) electrons. The Balaban J connectivity index is 2.65. The zero-order chi connectivity index (χ0) is 11.7. The molecule has 0 unspecified atom stereocenters. The van der Waals surface area contributed by atoms with Crippen molar-refractivity contribution in [2.45, 2.75) is 26.7 Å². The third-order valence-corrected chi connectivity index (χ3v) is 2.97. The Labute approximate surface area is 99.9 Å². The topological polar surface area (TPSA) is 38.5 Å². The van der Waals surface area contributed by atoms with Crippen LogP contribution in [0.15, 0.2) is 12.4 Å². The predicted octanol–water partition coefficient (Wildman–Crippen LogP) is 2.39. The number of rotatable bonds is 3. The summed E-state index contributed by atoms with van der Waals surface area (Å²) in [6.07, 6.45) is 5.84. The zero-order valence-corrected chi connectivity index (χ0v) is 10.6. The van der Waals surface area contributed by atoms with Gasteiger partial charge in [0.2, 0.25) is 0 Å². The van der Waals surface area contributed by atoms with Gasteiger partial charge in [0.15, 0.2) is 4.77 Å². The third kappa shape index (κ3) is 1.71. The lowest BCUT2D eigenvalue weighted by Crippen LogP contribution is -2.01. The molecule has 0 saturated heterocycles. The van der Waals surface area contributed by atoms with Crippen LogP contribution in [0.25, 0.3) is 5.69 Å². The van der Waals surface area contributed by atoms with Crippen molar-refractivity contribution in [1.82, 2.24) is 19.3 Å². The van der Waals surface area contributed by atoms with Crippen molar-refractivity contribution in [2.24, 2.45) is 7.05 Å². The first-order chi connectivity index (χ1) is 7.67. The molecule has 0 aliphatic carbocycles. The fourth-order valence-electron chi connectivity index (χ4n) is 1.89. The molecule has 16 heavy (non-hydrogen) atoms. The number of aromatic amines is 1. The predicted molar refractivity (Wildman–Crippen MR) is 66.5 cm³/mol. The Bertz CT molecular complexity index is 547. The van der Waals surface area contributed by atoms with Crippen molar-refractivity contribution in [1.29, 1.82) is 0 Å². The van der Waals surface area contributed by atoms with E-state index >= 15 is 0 Å². The van der Waals surface area contributed by atoms with Gasteiger partial charge < -0.3 is 4.98 Å². The first-order valence-electron chi connectivity index (χ1n) is 5.49. The smallest absolute Gasteiger partial charge is 0.182 e. The van der Waals surface area contributed by atoms with Gasteiger partial charge in [-0.1, -0.05) is 13.8 Å². The summed E-state index contributed by atoms with van der Waals surface area (Å²) in [5.74, 6) is 0. The van der Waals surface area contributed by atoms with Gasteiger partial charge in [-0.15, -0.1) is 0 Å². The minimum Gasteiger partial charge on any atom is -0.337 e. The van der Waals surface area contributed by atoms with Crippen LogP contribution in [-0.2, 0) is 19.9 Å². The average molecular weight is 236 g/mol. The molecule has 0 spiro atoms. The third-order valence-electron chi connectivity index (χ3n) is 2.67. The molecule has 0 aromatic carbocycles. The largest absolute Gasteiger partial charge is 0.337 e. The molecule has 0 bridgehead atoms. The maximum absolute atomic E-state index is 5.31. The van der Waals surface area contributed by atoms with E-state index in [2.05, 4.69) is 28.5 Å². The number of imidazole rings is 1. The molecule has 4 nitrogen and oxygen atoms in total. The van der Waals surface area contributed by atoms with Crippen LogP contribution in [0.5, 0.6) is 0 Å². The number of aromatic nitrogens is 4. The Morgan fingerprint density at radius 2 is 2.12 bits per heavy atom. The monoisotopic (exact) mass is 236 g/mol. The van der Waals surface area contributed by atoms with Crippen molar-refractivity contribution < 1.29 is 0 Å². The summed E-state index contributed by atoms with van der Waals surface area (Å²) >= 11 is 5.31. The summed E-state index contributed by atoms with van der Waals surface area (Å²) in [7, 11) is 1.94. The van der Waals surface area contributed by atoms with Crippen LogP contribution in [0.4, 0.5) is 0 Å². The maximum atomic E-state index is 5.31. The molecule has 2 aromatic heterocycles. The van der Waals surface area contributed by atoms with E-state index in [9.17, 15) is 0 Å². The number of hydrogen-bond acceptors (Lipinski definition) is 2. The molecule has 0 amide bonds. The quantitative estimate of drug-likeness (QED) is 0.831. The summed E-state index contributed by atoms with van der Waals surface area (Å²) < 4.78 is 4.64. The molecule has 2 rings (SSSR count). The van der Waals surface area contributed by atoms with Crippen molar-refractivity contribution >= 4 is 12.2 Å². The molecule has 2 aromatic rings. The van der Waals surface area contributed by atoms with E-state index < -0.39 is 0 Å². The van der Waals surface area contributed by atoms with Crippen molar-refractivity contribution in [2.75, 3.05) is 0 Å². The normalized spacial score (nSPS) is 10.9. The summed E-state index contributed by atoms with van der Waals surface area (Å²) in [6.45, 7) is 4.23. The standard InChI is InChI=1S/C11H16N4S/c1-4-8-6-12-11(16)15(8)10-7-14(3)13-9(10)5-2/h6-7H,4-5H2,1-3H3,(H,12,16). The minimum atomic E-state index is 0.736. The molecule has 1 N–H and O–H groups in total. The number of hydrogen-bond donors (Lipinski definition) is 1. The van der Waals surface area contributed by atoms with Gasteiger partial charge in [-0.05, 0) is 25.1 Å². The summed E-state index contributed by atoms with van der Waals surface area (Å²) in [6, 6.07) is 0. The summed E-state index contributed by atoms with van der Waals surface area (Å²) in [5, 5.41) is 4.44. The Hall–Kier alpha value is -1.36. The van der Waals surface area contributed by atoms with Crippen LogP contribution >= 0.6 is 12.2 Å². The first-order valence-corrected chi connectivity index (χ1v) is 5.90. The van der Waals surface area contributed by atoms with Crippen LogP contribution in [0.3, 0.4) is 0 Å². The van der Waals surface area contributed by atoms with Crippen LogP contribution < -0.4 is 0 Å². The fraction of sp³-hybridized carbons (Fsp3) is 0.455. The lowest BCUT2D eigenvalue weighted by Gasteiger charge is -2.05. The number of H-pyrrole nitrogens is 1. The molecule has 0 aliphatic heterocycles.